The molecule has 1 aromatic heterocycles. The number of imidazole rings is 1. The average molecular weight is 192 g/mol. The molecular formula is C12H20N2. The highest BCUT2D eigenvalue weighted by molar-refractivity contribution is 4.97. The van der Waals surface area contributed by atoms with E-state index >= 15 is 0 Å². The van der Waals surface area contributed by atoms with Gasteiger partial charge in [-0.05, 0) is 38.5 Å². The van der Waals surface area contributed by atoms with Gasteiger partial charge in [0.25, 0.3) is 0 Å². The zero-order valence-corrected chi connectivity index (χ0v) is 9.24. The van der Waals surface area contributed by atoms with E-state index in [9.17, 15) is 0 Å². The van der Waals surface area contributed by atoms with Crippen molar-refractivity contribution in [2.45, 2.75) is 52.0 Å². The summed E-state index contributed by atoms with van der Waals surface area (Å²) in [6.07, 6.45) is 10.8. The molecule has 1 fully saturated rings. The predicted molar refractivity (Wildman–Crippen MR) is 58.3 cm³/mol. The Bertz CT molecular complexity index is 282. The van der Waals surface area contributed by atoms with Gasteiger partial charge in [-0.15, -0.1) is 0 Å². The van der Waals surface area contributed by atoms with Gasteiger partial charge in [0.15, 0.2) is 0 Å². The standard InChI is InChI=1S/C12H20N2/c1-3-11-4-6-12(7-5-11)14-9-13-8-10(14)2/h8-9,11-12H,3-7H2,1-2H3. The van der Waals surface area contributed by atoms with E-state index in [1.54, 1.807) is 0 Å². The van der Waals surface area contributed by atoms with Crippen molar-refractivity contribution in [3.8, 4) is 0 Å². The third-order valence-electron chi connectivity index (χ3n) is 3.65. The molecule has 0 saturated heterocycles. The number of aryl methyl sites for hydroxylation is 1. The molecule has 2 rings (SSSR count). The van der Waals surface area contributed by atoms with Gasteiger partial charge in [0, 0.05) is 17.9 Å². The number of hydrogen-bond acceptors (Lipinski definition) is 1. The van der Waals surface area contributed by atoms with Crippen molar-refractivity contribution in [3.05, 3.63) is 18.2 Å². The molecule has 1 heterocycles. The van der Waals surface area contributed by atoms with E-state index in [2.05, 4.69) is 23.4 Å². The molecule has 0 amide bonds. The van der Waals surface area contributed by atoms with Crippen LogP contribution in [0, 0.1) is 12.8 Å². The molecule has 0 N–H and O–H groups in total. The first-order chi connectivity index (χ1) is 6.81. The van der Waals surface area contributed by atoms with Gasteiger partial charge in [-0.3, -0.25) is 0 Å². The van der Waals surface area contributed by atoms with Gasteiger partial charge < -0.3 is 4.57 Å². The van der Waals surface area contributed by atoms with Gasteiger partial charge in [0.2, 0.25) is 0 Å². The average Bonchev–Trinajstić information content (AvgIpc) is 2.65. The highest BCUT2D eigenvalue weighted by atomic mass is 15.1. The van der Waals surface area contributed by atoms with Crippen LogP contribution >= 0.6 is 0 Å². The molecule has 1 aliphatic rings. The smallest absolute Gasteiger partial charge is 0.0950 e. The summed E-state index contributed by atoms with van der Waals surface area (Å²) in [5, 5.41) is 0. The predicted octanol–water partition coefficient (Wildman–Crippen LogP) is 3.33. The van der Waals surface area contributed by atoms with E-state index in [1.165, 1.54) is 37.8 Å². The Morgan fingerprint density at radius 3 is 2.57 bits per heavy atom. The fourth-order valence-electron chi connectivity index (χ4n) is 2.58. The fourth-order valence-corrected chi connectivity index (χ4v) is 2.58. The van der Waals surface area contributed by atoms with Crippen LogP contribution in [0.15, 0.2) is 12.5 Å². The van der Waals surface area contributed by atoms with Crippen LogP contribution in [-0.2, 0) is 0 Å². The van der Waals surface area contributed by atoms with Crippen LogP contribution in [0.2, 0.25) is 0 Å². The van der Waals surface area contributed by atoms with Crippen LogP contribution in [0.3, 0.4) is 0 Å². The first-order valence-electron chi connectivity index (χ1n) is 5.79. The number of rotatable bonds is 2. The van der Waals surface area contributed by atoms with Gasteiger partial charge >= 0.3 is 0 Å². The lowest BCUT2D eigenvalue weighted by atomic mass is 9.84. The minimum atomic E-state index is 0.722. The van der Waals surface area contributed by atoms with Crippen molar-refractivity contribution in [3.63, 3.8) is 0 Å². The highest BCUT2D eigenvalue weighted by Crippen LogP contribution is 2.33. The number of aromatic nitrogens is 2. The Balaban J connectivity index is 1.99. The molecule has 14 heavy (non-hydrogen) atoms. The lowest BCUT2D eigenvalue weighted by molar-refractivity contribution is 0.267. The molecule has 0 aromatic carbocycles. The molecule has 0 unspecified atom stereocenters. The van der Waals surface area contributed by atoms with Crippen molar-refractivity contribution in [2.24, 2.45) is 5.92 Å². The first kappa shape index (κ1) is 9.75. The molecule has 0 spiro atoms. The van der Waals surface area contributed by atoms with Crippen LogP contribution in [0.25, 0.3) is 0 Å². The van der Waals surface area contributed by atoms with Crippen molar-refractivity contribution >= 4 is 0 Å². The minimum absolute atomic E-state index is 0.722. The molecule has 1 aliphatic carbocycles. The second kappa shape index (κ2) is 4.16. The second-order valence-corrected chi connectivity index (χ2v) is 4.53. The van der Waals surface area contributed by atoms with Crippen molar-refractivity contribution < 1.29 is 0 Å². The summed E-state index contributed by atoms with van der Waals surface area (Å²) in [5.74, 6) is 0.982. The molecule has 1 aromatic rings. The molecule has 2 heteroatoms. The Kier molecular flexibility index (Phi) is 2.90. The Morgan fingerprint density at radius 1 is 1.36 bits per heavy atom. The third-order valence-corrected chi connectivity index (χ3v) is 3.65. The first-order valence-corrected chi connectivity index (χ1v) is 5.79. The molecule has 1 saturated carbocycles. The van der Waals surface area contributed by atoms with E-state index in [0.717, 1.165) is 12.0 Å². The van der Waals surface area contributed by atoms with Crippen LogP contribution < -0.4 is 0 Å². The molecule has 0 aliphatic heterocycles. The summed E-state index contributed by atoms with van der Waals surface area (Å²) in [4.78, 5) is 4.20. The van der Waals surface area contributed by atoms with Crippen molar-refractivity contribution in [2.75, 3.05) is 0 Å². The number of hydrogen-bond donors (Lipinski definition) is 0. The maximum atomic E-state index is 4.20. The monoisotopic (exact) mass is 192 g/mol. The van der Waals surface area contributed by atoms with E-state index in [1.807, 2.05) is 12.5 Å². The SMILES string of the molecule is CCC1CCC(n2cncc2C)CC1. The van der Waals surface area contributed by atoms with Gasteiger partial charge in [0.1, 0.15) is 0 Å². The maximum absolute atomic E-state index is 4.20. The molecular weight excluding hydrogens is 172 g/mol. The molecule has 2 nitrogen and oxygen atoms in total. The van der Waals surface area contributed by atoms with E-state index in [0.29, 0.717) is 0 Å². The second-order valence-electron chi connectivity index (χ2n) is 4.53. The minimum Gasteiger partial charge on any atom is -0.332 e. The molecule has 78 valence electrons. The Labute approximate surface area is 86.3 Å². The zero-order valence-electron chi connectivity index (χ0n) is 9.24. The van der Waals surface area contributed by atoms with E-state index < -0.39 is 0 Å². The van der Waals surface area contributed by atoms with Gasteiger partial charge in [-0.1, -0.05) is 13.3 Å². The van der Waals surface area contributed by atoms with Crippen molar-refractivity contribution in [1.82, 2.24) is 9.55 Å². The Morgan fingerprint density at radius 2 is 2.07 bits per heavy atom. The maximum Gasteiger partial charge on any atom is 0.0950 e. The summed E-state index contributed by atoms with van der Waals surface area (Å²) in [6, 6.07) is 0.722. The number of nitrogens with zero attached hydrogens (tertiary/aromatic N) is 2. The van der Waals surface area contributed by atoms with Crippen LogP contribution in [0.4, 0.5) is 0 Å². The van der Waals surface area contributed by atoms with Crippen LogP contribution in [0.5, 0.6) is 0 Å². The van der Waals surface area contributed by atoms with Crippen LogP contribution in [-0.4, -0.2) is 9.55 Å². The van der Waals surface area contributed by atoms with Gasteiger partial charge in [-0.2, -0.15) is 0 Å². The van der Waals surface area contributed by atoms with E-state index in [4.69, 9.17) is 0 Å². The zero-order chi connectivity index (χ0) is 9.97. The largest absolute Gasteiger partial charge is 0.332 e. The normalized spacial score (nSPS) is 27.9. The van der Waals surface area contributed by atoms with Gasteiger partial charge in [0.05, 0.1) is 6.33 Å². The molecule has 0 atom stereocenters. The lowest BCUT2D eigenvalue weighted by Crippen LogP contribution is -2.18. The Hall–Kier alpha value is -0.790. The summed E-state index contributed by atoms with van der Waals surface area (Å²) < 4.78 is 2.35. The molecule has 0 radical (unpaired) electrons. The highest BCUT2D eigenvalue weighted by Gasteiger charge is 2.21. The lowest BCUT2D eigenvalue weighted by Gasteiger charge is -2.29. The molecule has 0 bridgehead atoms. The third kappa shape index (κ3) is 1.84. The van der Waals surface area contributed by atoms with Crippen LogP contribution in [0.1, 0.15) is 50.8 Å². The summed E-state index contributed by atoms with van der Waals surface area (Å²) in [5.41, 5.74) is 1.31. The summed E-state index contributed by atoms with van der Waals surface area (Å²) >= 11 is 0. The topological polar surface area (TPSA) is 17.8 Å². The van der Waals surface area contributed by atoms with E-state index in [-0.39, 0.29) is 0 Å². The quantitative estimate of drug-likeness (QED) is 0.702. The summed E-state index contributed by atoms with van der Waals surface area (Å²) in [7, 11) is 0. The fraction of sp³-hybridized carbons (Fsp3) is 0.750. The van der Waals surface area contributed by atoms with Gasteiger partial charge in [-0.25, -0.2) is 4.98 Å². The summed E-state index contributed by atoms with van der Waals surface area (Å²) in [6.45, 7) is 4.46. The van der Waals surface area contributed by atoms with Crippen molar-refractivity contribution in [1.29, 1.82) is 0 Å².